The van der Waals surface area contributed by atoms with Gasteiger partial charge >= 0.3 is 5.97 Å². The Labute approximate surface area is 204 Å². The number of carboxylic acids is 1. The van der Waals surface area contributed by atoms with Crippen molar-refractivity contribution in [3.63, 3.8) is 0 Å². The fraction of sp³-hybridized carbons (Fsp3) is 0.500. The first-order valence-electron chi connectivity index (χ1n) is 12.4. The fourth-order valence-corrected chi connectivity index (χ4v) is 5.86. The quantitative estimate of drug-likeness (QED) is 0.378. The van der Waals surface area contributed by atoms with E-state index in [2.05, 4.69) is 65.8 Å². The number of hydrogen-bond acceptors (Lipinski definition) is 2. The Balaban J connectivity index is 2.01. The van der Waals surface area contributed by atoms with Crippen molar-refractivity contribution in [3.05, 3.63) is 69.8 Å². The van der Waals surface area contributed by atoms with Gasteiger partial charge in [0.15, 0.2) is 0 Å². The van der Waals surface area contributed by atoms with Gasteiger partial charge in [-0.15, -0.1) is 0 Å². The van der Waals surface area contributed by atoms with Crippen LogP contribution < -0.4 is 0 Å². The number of carbonyl (C=O) groups is 1. The van der Waals surface area contributed by atoms with Crippen LogP contribution in [-0.2, 0) is 16.6 Å². The zero-order valence-electron chi connectivity index (χ0n) is 21.2. The molecule has 0 aliphatic heterocycles. The third-order valence-corrected chi connectivity index (χ3v) is 9.03. The summed E-state index contributed by atoms with van der Waals surface area (Å²) in [6.07, 6.45) is 9.19. The van der Waals surface area contributed by atoms with E-state index in [9.17, 15) is 4.79 Å². The van der Waals surface area contributed by atoms with E-state index in [4.69, 9.17) is 5.11 Å². The van der Waals surface area contributed by atoms with Crippen LogP contribution in [0.15, 0.2) is 36.4 Å². The van der Waals surface area contributed by atoms with Gasteiger partial charge in [-0.2, -0.15) is 11.8 Å². The maximum absolute atomic E-state index is 11.2. The Bertz CT molecular complexity index is 1000. The van der Waals surface area contributed by atoms with Gasteiger partial charge < -0.3 is 5.11 Å². The van der Waals surface area contributed by atoms with Gasteiger partial charge in [-0.25, -0.2) is 4.79 Å². The van der Waals surface area contributed by atoms with E-state index < -0.39 is 5.97 Å². The Kier molecular flexibility index (Phi) is 8.16. The summed E-state index contributed by atoms with van der Waals surface area (Å²) in [6.45, 7) is 14.1. The highest BCUT2D eigenvalue weighted by molar-refractivity contribution is 7.98. The van der Waals surface area contributed by atoms with Crippen molar-refractivity contribution >= 4 is 29.9 Å². The molecule has 0 fully saturated rings. The molecule has 2 aromatic rings. The van der Waals surface area contributed by atoms with Crippen LogP contribution in [0.25, 0.3) is 12.2 Å². The second-order valence-electron chi connectivity index (χ2n) is 10.7. The summed E-state index contributed by atoms with van der Waals surface area (Å²) in [5, 5.41) is 9.16. The lowest BCUT2D eigenvalue weighted by Gasteiger charge is -2.44. The minimum Gasteiger partial charge on any atom is -0.478 e. The summed E-state index contributed by atoms with van der Waals surface area (Å²) in [5.74, 6) is 2.06. The molecule has 1 aliphatic rings. The van der Waals surface area contributed by atoms with E-state index in [0.29, 0.717) is 5.56 Å². The first-order chi connectivity index (χ1) is 15.6. The molecule has 0 amide bonds. The zero-order valence-corrected chi connectivity index (χ0v) is 22.0. The molecule has 2 nitrogen and oxygen atoms in total. The molecule has 0 bridgehead atoms. The second kappa shape index (κ2) is 10.5. The first-order valence-corrected chi connectivity index (χ1v) is 13.5. The molecule has 1 aliphatic carbocycles. The van der Waals surface area contributed by atoms with Gasteiger partial charge in [0, 0.05) is 5.75 Å². The maximum Gasteiger partial charge on any atom is 0.335 e. The molecule has 2 aromatic carbocycles. The summed E-state index contributed by atoms with van der Waals surface area (Å²) >= 11 is 2.04. The van der Waals surface area contributed by atoms with Crippen LogP contribution in [0.3, 0.4) is 0 Å². The van der Waals surface area contributed by atoms with Gasteiger partial charge in [0.2, 0.25) is 0 Å². The average molecular weight is 465 g/mol. The number of carboxylic acid groups (broad SMARTS) is 1. The van der Waals surface area contributed by atoms with Crippen LogP contribution in [-0.4, -0.2) is 16.8 Å². The Morgan fingerprint density at radius 1 is 1.06 bits per heavy atom. The van der Waals surface area contributed by atoms with Crippen molar-refractivity contribution in [1.29, 1.82) is 0 Å². The van der Waals surface area contributed by atoms with Gasteiger partial charge in [-0.3, -0.25) is 0 Å². The van der Waals surface area contributed by atoms with Crippen molar-refractivity contribution in [2.24, 2.45) is 5.92 Å². The van der Waals surface area contributed by atoms with E-state index in [1.165, 1.54) is 48.1 Å². The molecular weight excluding hydrogens is 424 g/mol. The number of benzene rings is 2. The van der Waals surface area contributed by atoms with E-state index in [1.54, 1.807) is 17.7 Å². The van der Waals surface area contributed by atoms with Gasteiger partial charge in [-0.05, 0) is 81.7 Å². The van der Waals surface area contributed by atoms with Gasteiger partial charge in [-0.1, -0.05) is 84.4 Å². The number of hydrogen-bond donors (Lipinski definition) is 1. The standard InChI is InChI=1S/C30H40O2S/c1-7-21(3)19-33-20-25-18-27-26(29(4,5)15-16-30(27,6)8-2)17-24(25)14-11-22-9-12-23(13-10-22)28(31)32/h9-14,17-18,21H,7-8,15-16,19-20H2,1-6H3,(H,31,32)/b14-11+. The van der Waals surface area contributed by atoms with Crippen molar-refractivity contribution in [2.75, 3.05) is 5.75 Å². The molecule has 0 saturated carbocycles. The molecule has 3 heteroatoms. The lowest BCUT2D eigenvalue weighted by atomic mass is 9.61. The third kappa shape index (κ3) is 5.93. The van der Waals surface area contributed by atoms with Crippen LogP contribution in [0.1, 0.15) is 105 Å². The van der Waals surface area contributed by atoms with Crippen LogP contribution in [0.5, 0.6) is 0 Å². The minimum absolute atomic E-state index is 0.179. The third-order valence-electron chi connectivity index (χ3n) is 7.71. The predicted octanol–water partition coefficient (Wildman–Crippen LogP) is 8.57. The molecule has 0 heterocycles. The van der Waals surface area contributed by atoms with Crippen LogP contribution >= 0.6 is 11.8 Å². The van der Waals surface area contributed by atoms with Gasteiger partial charge in [0.05, 0.1) is 5.56 Å². The fourth-order valence-electron chi connectivity index (χ4n) is 4.64. The van der Waals surface area contributed by atoms with E-state index in [1.807, 2.05) is 23.9 Å². The molecule has 2 atom stereocenters. The summed E-state index contributed by atoms with van der Waals surface area (Å²) in [6, 6.07) is 12.1. The average Bonchev–Trinajstić information content (AvgIpc) is 2.80. The molecule has 0 radical (unpaired) electrons. The summed E-state index contributed by atoms with van der Waals surface area (Å²) in [7, 11) is 0. The number of aromatic carboxylic acids is 1. The Morgan fingerprint density at radius 2 is 1.76 bits per heavy atom. The van der Waals surface area contributed by atoms with Crippen molar-refractivity contribution < 1.29 is 9.90 Å². The number of thioether (sulfide) groups is 1. The highest BCUT2D eigenvalue weighted by Gasteiger charge is 2.39. The molecule has 0 aromatic heterocycles. The summed E-state index contributed by atoms with van der Waals surface area (Å²) < 4.78 is 0. The molecule has 178 valence electrons. The lowest BCUT2D eigenvalue weighted by molar-refractivity contribution is 0.0697. The minimum atomic E-state index is -0.887. The Morgan fingerprint density at radius 3 is 2.36 bits per heavy atom. The van der Waals surface area contributed by atoms with Crippen LogP contribution in [0.4, 0.5) is 0 Å². The highest BCUT2D eigenvalue weighted by Crippen LogP contribution is 2.48. The van der Waals surface area contributed by atoms with Crippen molar-refractivity contribution in [3.8, 4) is 0 Å². The SMILES string of the molecule is CCC(C)CSCc1cc2c(cc1/C=C/c1ccc(C(=O)O)cc1)C(C)(C)CCC2(C)CC. The molecule has 3 rings (SSSR count). The Hall–Kier alpha value is -2.00. The molecule has 0 saturated heterocycles. The smallest absolute Gasteiger partial charge is 0.335 e. The number of rotatable bonds is 9. The zero-order chi connectivity index (χ0) is 24.2. The molecular formula is C30H40O2S. The largest absolute Gasteiger partial charge is 0.478 e. The second-order valence-corrected chi connectivity index (χ2v) is 11.7. The van der Waals surface area contributed by atoms with E-state index >= 15 is 0 Å². The topological polar surface area (TPSA) is 37.3 Å². The normalized spacial score (nSPS) is 20.5. The molecule has 1 N–H and O–H groups in total. The van der Waals surface area contributed by atoms with Gasteiger partial charge in [0.1, 0.15) is 0 Å². The van der Waals surface area contributed by atoms with E-state index in [-0.39, 0.29) is 10.8 Å². The molecule has 33 heavy (non-hydrogen) atoms. The van der Waals surface area contributed by atoms with E-state index in [0.717, 1.165) is 17.2 Å². The van der Waals surface area contributed by atoms with Crippen molar-refractivity contribution in [1.82, 2.24) is 0 Å². The lowest BCUT2D eigenvalue weighted by Crippen LogP contribution is -2.35. The summed E-state index contributed by atoms with van der Waals surface area (Å²) in [5.41, 5.74) is 7.52. The maximum atomic E-state index is 11.2. The summed E-state index contributed by atoms with van der Waals surface area (Å²) in [4.78, 5) is 11.2. The molecule has 0 spiro atoms. The van der Waals surface area contributed by atoms with Crippen molar-refractivity contribution in [2.45, 2.75) is 83.8 Å². The van der Waals surface area contributed by atoms with Gasteiger partial charge in [0.25, 0.3) is 0 Å². The van der Waals surface area contributed by atoms with Crippen LogP contribution in [0, 0.1) is 5.92 Å². The highest BCUT2D eigenvalue weighted by atomic mass is 32.2. The number of fused-ring (bicyclic) bond motifs is 1. The monoisotopic (exact) mass is 464 g/mol. The predicted molar refractivity (Wildman–Crippen MR) is 144 cm³/mol. The molecule has 2 unspecified atom stereocenters. The first kappa shape index (κ1) is 25.6. The van der Waals surface area contributed by atoms with Crippen LogP contribution in [0.2, 0.25) is 0 Å².